The number of carbonyl (C=O) groups is 2. The van der Waals surface area contributed by atoms with Gasteiger partial charge in [-0.25, -0.2) is 0 Å². The largest absolute Gasteiger partial charge is 0.535 e. The molecule has 140 valence electrons. The molecule has 0 saturated carbocycles. The summed E-state index contributed by atoms with van der Waals surface area (Å²) in [5.41, 5.74) is 7.11. The van der Waals surface area contributed by atoms with Crippen molar-refractivity contribution in [3.05, 3.63) is 29.3 Å². The van der Waals surface area contributed by atoms with Gasteiger partial charge in [0.2, 0.25) is 0 Å². The van der Waals surface area contributed by atoms with Crippen LogP contribution >= 0.6 is 0 Å². The van der Waals surface area contributed by atoms with Gasteiger partial charge in [0.15, 0.2) is 5.78 Å². The fourth-order valence-corrected chi connectivity index (χ4v) is 4.03. The van der Waals surface area contributed by atoms with Crippen LogP contribution in [-0.2, 0) is 11.2 Å². The first-order valence-electron chi connectivity index (χ1n) is 9.39. The molecule has 26 heavy (non-hydrogen) atoms. The van der Waals surface area contributed by atoms with Gasteiger partial charge >= 0.3 is 7.12 Å². The van der Waals surface area contributed by atoms with E-state index in [0.717, 1.165) is 31.5 Å². The molecule has 3 N–H and O–H groups in total. The molecule has 7 heteroatoms. The van der Waals surface area contributed by atoms with Crippen LogP contribution in [0.3, 0.4) is 0 Å². The van der Waals surface area contributed by atoms with Crippen molar-refractivity contribution in [3.8, 4) is 5.75 Å². The first-order valence-corrected chi connectivity index (χ1v) is 9.39. The van der Waals surface area contributed by atoms with Crippen LogP contribution in [0.2, 0.25) is 5.82 Å². The van der Waals surface area contributed by atoms with E-state index >= 15 is 0 Å². The van der Waals surface area contributed by atoms with Crippen LogP contribution in [0.15, 0.2) is 18.2 Å². The van der Waals surface area contributed by atoms with Crippen molar-refractivity contribution in [1.29, 1.82) is 0 Å². The summed E-state index contributed by atoms with van der Waals surface area (Å²) in [5, 5.41) is 10.3. The van der Waals surface area contributed by atoms with Crippen molar-refractivity contribution >= 4 is 18.7 Å². The Hall–Kier alpha value is -1.70. The van der Waals surface area contributed by atoms with E-state index in [4.69, 9.17) is 10.4 Å². The highest BCUT2D eigenvalue weighted by atomic mass is 16.5. The van der Waals surface area contributed by atoms with Gasteiger partial charge in [-0.1, -0.05) is 12.1 Å². The average molecular weight is 358 g/mol. The van der Waals surface area contributed by atoms with Gasteiger partial charge in [0.1, 0.15) is 11.5 Å². The van der Waals surface area contributed by atoms with Crippen LogP contribution in [0.5, 0.6) is 5.75 Å². The molecule has 2 aliphatic heterocycles. The Labute approximate surface area is 154 Å². The van der Waals surface area contributed by atoms with Gasteiger partial charge in [0, 0.05) is 18.8 Å². The normalized spacial score (nSPS) is 23.3. The number of fused-ring (bicyclic) bond motifs is 1. The van der Waals surface area contributed by atoms with E-state index in [9.17, 15) is 14.6 Å². The Balaban J connectivity index is 1.61. The fraction of sp³-hybridized carbons (Fsp3) is 0.579. The third-order valence-corrected chi connectivity index (χ3v) is 5.43. The maximum atomic E-state index is 12.5. The molecule has 0 radical (unpaired) electrons. The van der Waals surface area contributed by atoms with Crippen LogP contribution in [-0.4, -0.2) is 54.8 Å². The quantitative estimate of drug-likeness (QED) is 0.588. The van der Waals surface area contributed by atoms with E-state index in [2.05, 4.69) is 4.90 Å². The molecule has 0 aromatic heterocycles. The number of ketones is 2. The lowest BCUT2D eigenvalue weighted by molar-refractivity contribution is -0.120. The maximum Gasteiger partial charge on any atom is 0.526 e. The number of Topliss-reactive ketones (excluding diaryl/α,β-unsaturated/α-hetero) is 2. The lowest BCUT2D eigenvalue weighted by Gasteiger charge is -2.32. The first-order chi connectivity index (χ1) is 12.5. The van der Waals surface area contributed by atoms with E-state index in [1.807, 2.05) is 12.1 Å². The molecule has 2 aliphatic rings. The topological polar surface area (TPSA) is 92.9 Å². The van der Waals surface area contributed by atoms with Gasteiger partial charge in [-0.3, -0.25) is 14.5 Å². The van der Waals surface area contributed by atoms with Crippen LogP contribution in [0.25, 0.3) is 0 Å². The van der Waals surface area contributed by atoms with Crippen molar-refractivity contribution in [2.75, 3.05) is 26.2 Å². The fourth-order valence-electron chi connectivity index (χ4n) is 4.03. The highest BCUT2D eigenvalue weighted by Crippen LogP contribution is 2.36. The van der Waals surface area contributed by atoms with Crippen molar-refractivity contribution in [3.63, 3.8) is 0 Å². The zero-order valence-electron chi connectivity index (χ0n) is 15.3. The van der Waals surface area contributed by atoms with Crippen molar-refractivity contribution in [2.45, 2.75) is 38.4 Å². The van der Waals surface area contributed by atoms with Crippen molar-refractivity contribution in [2.24, 2.45) is 11.7 Å². The maximum absolute atomic E-state index is 12.5. The summed E-state index contributed by atoms with van der Waals surface area (Å²) in [4.78, 5) is 26.4. The van der Waals surface area contributed by atoms with Gasteiger partial charge in [0.05, 0.1) is 12.1 Å². The molecule has 2 atom stereocenters. The molecule has 1 fully saturated rings. The summed E-state index contributed by atoms with van der Waals surface area (Å²) in [6.07, 6.45) is 3.01. The van der Waals surface area contributed by atoms with Crippen LogP contribution in [0.4, 0.5) is 0 Å². The molecule has 6 nitrogen and oxygen atoms in total. The van der Waals surface area contributed by atoms with Crippen LogP contribution < -0.4 is 10.4 Å². The van der Waals surface area contributed by atoms with Gasteiger partial charge in [0.25, 0.3) is 0 Å². The molecular formula is C19H27BN2O4. The minimum Gasteiger partial charge on any atom is -0.535 e. The van der Waals surface area contributed by atoms with Gasteiger partial charge in [-0.2, -0.15) is 0 Å². The summed E-state index contributed by atoms with van der Waals surface area (Å²) in [6, 6.07) is 5.40. The summed E-state index contributed by atoms with van der Waals surface area (Å²) in [6.45, 7) is 4.34. The monoisotopic (exact) mass is 358 g/mol. The Morgan fingerprint density at radius 2 is 2.23 bits per heavy atom. The van der Waals surface area contributed by atoms with Gasteiger partial charge in [-0.15, -0.1) is 0 Å². The molecule has 0 bridgehead atoms. The van der Waals surface area contributed by atoms with E-state index in [-0.39, 0.29) is 23.8 Å². The number of hydrogen-bond donors (Lipinski definition) is 2. The minimum atomic E-state index is -1.06. The third kappa shape index (κ3) is 4.34. The van der Waals surface area contributed by atoms with Gasteiger partial charge < -0.3 is 15.4 Å². The minimum absolute atomic E-state index is 0.0943. The standard InChI is InChI=1S/C19H27BN2O4/c1-13(23)18-6-2-5-15-8-16(20(25)26-19(15)18)9-17(24)12-22-7-3-4-14(10-21)11-22/h2,5-6,14,16,25H,3-4,7-12,21H2,1H3/t14?,16-/m1/s1. The zero-order chi connectivity index (χ0) is 18.7. The number of likely N-dealkylation sites (tertiary alicyclic amines) is 1. The highest BCUT2D eigenvalue weighted by molar-refractivity contribution is 6.47. The van der Waals surface area contributed by atoms with Crippen molar-refractivity contribution < 1.29 is 19.3 Å². The first kappa shape index (κ1) is 19.1. The number of nitrogens with zero attached hydrogens (tertiary/aromatic N) is 1. The molecule has 0 spiro atoms. The molecule has 1 unspecified atom stereocenters. The summed E-state index contributed by atoms with van der Waals surface area (Å²) in [7, 11) is -1.06. The number of rotatable bonds is 6. The molecule has 2 heterocycles. The second-order valence-electron chi connectivity index (χ2n) is 7.54. The number of benzene rings is 1. The predicted octanol–water partition coefficient (Wildman–Crippen LogP) is 1.30. The molecule has 0 amide bonds. The lowest BCUT2D eigenvalue weighted by atomic mass is 9.64. The number of piperidine rings is 1. The highest BCUT2D eigenvalue weighted by Gasteiger charge is 2.37. The number of carbonyl (C=O) groups excluding carboxylic acids is 2. The number of para-hydroxylation sites is 1. The third-order valence-electron chi connectivity index (χ3n) is 5.43. The van der Waals surface area contributed by atoms with E-state index in [1.165, 1.54) is 6.92 Å². The zero-order valence-corrected chi connectivity index (χ0v) is 15.3. The Morgan fingerprint density at radius 3 is 2.96 bits per heavy atom. The number of hydrogen-bond acceptors (Lipinski definition) is 6. The molecule has 1 aromatic rings. The Kier molecular flexibility index (Phi) is 6.11. The predicted molar refractivity (Wildman–Crippen MR) is 100 cm³/mol. The Bertz CT molecular complexity index is 682. The summed E-state index contributed by atoms with van der Waals surface area (Å²) in [5.74, 6) is 0.659. The van der Waals surface area contributed by atoms with Crippen LogP contribution in [0, 0.1) is 5.92 Å². The number of nitrogens with two attached hydrogens (primary N) is 1. The molecular weight excluding hydrogens is 331 g/mol. The SMILES string of the molecule is CC(=O)c1cccc2c1OB(O)[C@@H](CC(=O)CN1CCCC(CN)C1)C2. The van der Waals surface area contributed by atoms with E-state index < -0.39 is 7.12 Å². The average Bonchev–Trinajstić information content (AvgIpc) is 2.61. The van der Waals surface area contributed by atoms with E-state index in [0.29, 0.717) is 36.7 Å². The van der Waals surface area contributed by atoms with Gasteiger partial charge in [-0.05, 0) is 56.8 Å². The summed E-state index contributed by atoms with van der Waals surface area (Å²) < 4.78 is 5.61. The summed E-state index contributed by atoms with van der Waals surface area (Å²) >= 11 is 0. The molecule has 1 aromatic carbocycles. The van der Waals surface area contributed by atoms with E-state index in [1.54, 1.807) is 6.07 Å². The lowest BCUT2D eigenvalue weighted by Crippen LogP contribution is -2.42. The van der Waals surface area contributed by atoms with Crippen molar-refractivity contribution in [1.82, 2.24) is 4.90 Å². The second-order valence-corrected chi connectivity index (χ2v) is 7.54. The smallest absolute Gasteiger partial charge is 0.526 e. The molecule has 0 aliphatic carbocycles. The second kappa shape index (κ2) is 8.33. The molecule has 1 saturated heterocycles. The van der Waals surface area contributed by atoms with Crippen LogP contribution in [0.1, 0.15) is 42.1 Å². The Morgan fingerprint density at radius 1 is 1.42 bits per heavy atom. The molecule has 3 rings (SSSR count).